The van der Waals surface area contributed by atoms with Crippen LogP contribution in [0.15, 0.2) is 41.5 Å². The Morgan fingerprint density at radius 1 is 1.19 bits per heavy atom. The van der Waals surface area contributed by atoms with Crippen molar-refractivity contribution >= 4 is 22.9 Å². The van der Waals surface area contributed by atoms with E-state index in [1.165, 1.54) is 31.4 Å². The maximum atomic E-state index is 8.58. The first-order chi connectivity index (χ1) is 12.7. The van der Waals surface area contributed by atoms with Crippen LogP contribution < -0.4 is 10.5 Å². The van der Waals surface area contributed by atoms with Crippen molar-refractivity contribution in [3.8, 4) is 5.75 Å². The zero-order chi connectivity index (χ0) is 18.4. The van der Waals surface area contributed by atoms with Gasteiger partial charge in [0.05, 0.1) is 12.3 Å². The first-order valence-corrected chi connectivity index (χ1v) is 9.31. The first-order valence-electron chi connectivity index (χ1n) is 9.31. The number of aromatic nitrogens is 1. The van der Waals surface area contributed by atoms with Crippen LogP contribution in [0.5, 0.6) is 5.75 Å². The lowest BCUT2D eigenvalue weighted by Crippen LogP contribution is -2.06. The second-order valence-corrected chi connectivity index (χ2v) is 6.55. The van der Waals surface area contributed by atoms with Crippen LogP contribution in [0.2, 0.25) is 0 Å². The van der Waals surface area contributed by atoms with Gasteiger partial charge in [0.2, 0.25) is 0 Å². The number of nitrogens with two attached hydrogens (primary N) is 1. The minimum Gasteiger partial charge on any atom is -0.494 e. The highest BCUT2D eigenvalue weighted by Crippen LogP contribution is 2.24. The molecule has 0 saturated heterocycles. The van der Waals surface area contributed by atoms with E-state index in [9.17, 15) is 0 Å². The monoisotopic (exact) mass is 352 g/mol. The third-order valence-electron chi connectivity index (χ3n) is 4.59. The van der Waals surface area contributed by atoms with Gasteiger partial charge >= 0.3 is 0 Å². The maximum absolute atomic E-state index is 8.58. The van der Waals surface area contributed by atoms with E-state index in [2.05, 4.69) is 4.98 Å². The summed E-state index contributed by atoms with van der Waals surface area (Å²) in [5, 5.41) is 8.58. The van der Waals surface area contributed by atoms with Gasteiger partial charge in [-0.1, -0.05) is 12.8 Å². The van der Waals surface area contributed by atoms with Crippen molar-refractivity contribution in [1.29, 1.82) is 5.41 Å². The molecule has 1 saturated carbocycles. The third kappa shape index (κ3) is 4.48. The molecule has 1 aliphatic rings. The molecule has 0 radical (unpaired) electrons. The molecule has 0 bridgehead atoms. The standard InChI is InChI=1S/C21H26N4O.H2/c1-2-26-17-9-10-19(22)18(14-17)21(23)15-11-12-24-20(13-15)25-16-7-5-3-4-6-8-16;/h9-14,23H,2-8,22H2,1H3;1H. The highest BCUT2D eigenvalue weighted by atomic mass is 16.5. The van der Waals surface area contributed by atoms with Crippen molar-refractivity contribution in [2.24, 2.45) is 4.99 Å². The first kappa shape index (κ1) is 18.1. The number of aliphatic imine (C=N–C) groups is 1. The summed E-state index contributed by atoms with van der Waals surface area (Å²) in [6, 6.07) is 9.12. The molecule has 0 spiro atoms. The Bertz CT molecular complexity index is 810. The molecule has 0 unspecified atom stereocenters. The summed E-state index contributed by atoms with van der Waals surface area (Å²) in [5.41, 5.74) is 9.65. The number of nitrogen functional groups attached to an aromatic ring is 1. The average molecular weight is 352 g/mol. The highest BCUT2D eigenvalue weighted by molar-refractivity contribution is 6.14. The number of ether oxygens (including phenoxy) is 1. The van der Waals surface area contributed by atoms with E-state index in [1.807, 2.05) is 31.2 Å². The summed E-state index contributed by atoms with van der Waals surface area (Å²) < 4.78 is 5.54. The van der Waals surface area contributed by atoms with Crippen molar-refractivity contribution in [3.05, 3.63) is 47.7 Å². The molecule has 1 aromatic heterocycles. The Morgan fingerprint density at radius 3 is 2.69 bits per heavy atom. The predicted octanol–water partition coefficient (Wildman–Crippen LogP) is 5.15. The average Bonchev–Trinajstić information content (AvgIpc) is 2.92. The molecule has 0 aliphatic heterocycles. The molecular weight excluding hydrogens is 324 g/mol. The molecule has 26 heavy (non-hydrogen) atoms. The normalized spacial score (nSPS) is 14.6. The Morgan fingerprint density at radius 2 is 1.96 bits per heavy atom. The van der Waals surface area contributed by atoms with Gasteiger partial charge in [0.15, 0.2) is 5.82 Å². The molecule has 1 aliphatic carbocycles. The molecule has 0 amide bonds. The van der Waals surface area contributed by atoms with E-state index in [-0.39, 0.29) is 1.43 Å². The molecule has 2 aromatic rings. The van der Waals surface area contributed by atoms with Gasteiger partial charge in [-0.25, -0.2) is 9.98 Å². The summed E-state index contributed by atoms with van der Waals surface area (Å²) in [7, 11) is 0. The van der Waals surface area contributed by atoms with Gasteiger partial charge in [-0.3, -0.25) is 5.41 Å². The van der Waals surface area contributed by atoms with E-state index in [0.717, 1.165) is 24.2 Å². The smallest absolute Gasteiger partial charge is 0.152 e. The number of anilines is 1. The van der Waals surface area contributed by atoms with E-state index in [4.69, 9.17) is 20.9 Å². The topological polar surface area (TPSA) is 84.4 Å². The summed E-state index contributed by atoms with van der Waals surface area (Å²) in [6.45, 7) is 2.51. The molecule has 1 heterocycles. The highest BCUT2D eigenvalue weighted by Gasteiger charge is 2.12. The van der Waals surface area contributed by atoms with Crippen molar-refractivity contribution in [1.82, 2.24) is 4.98 Å². The fourth-order valence-electron chi connectivity index (χ4n) is 3.21. The minimum absolute atomic E-state index is 0. The Labute approximate surface area is 156 Å². The van der Waals surface area contributed by atoms with Crippen molar-refractivity contribution in [3.63, 3.8) is 0 Å². The number of hydrogen-bond donors (Lipinski definition) is 2. The Balaban J connectivity index is 0.00000261. The van der Waals surface area contributed by atoms with E-state index in [0.29, 0.717) is 29.4 Å². The lowest BCUT2D eigenvalue weighted by molar-refractivity contribution is 0.340. The molecule has 3 rings (SSSR count). The van der Waals surface area contributed by atoms with Gasteiger partial charge in [-0.2, -0.15) is 0 Å². The molecule has 1 aromatic carbocycles. The molecular formula is C21H28N4O. The van der Waals surface area contributed by atoms with Gasteiger partial charge in [-0.15, -0.1) is 0 Å². The van der Waals surface area contributed by atoms with Gasteiger partial charge in [0.1, 0.15) is 5.75 Å². The van der Waals surface area contributed by atoms with Crippen LogP contribution >= 0.6 is 0 Å². The lowest BCUT2D eigenvalue weighted by atomic mass is 10.0. The molecule has 1 fully saturated rings. The van der Waals surface area contributed by atoms with Crippen LogP contribution in [0.4, 0.5) is 11.5 Å². The number of benzene rings is 1. The second-order valence-electron chi connectivity index (χ2n) is 6.55. The lowest BCUT2D eigenvalue weighted by Gasteiger charge is -2.11. The van der Waals surface area contributed by atoms with Gasteiger partial charge in [0.25, 0.3) is 0 Å². The maximum Gasteiger partial charge on any atom is 0.152 e. The summed E-state index contributed by atoms with van der Waals surface area (Å²) in [4.78, 5) is 9.11. The molecule has 3 N–H and O–H groups in total. The molecule has 0 atom stereocenters. The van der Waals surface area contributed by atoms with Crippen molar-refractivity contribution in [2.45, 2.75) is 45.4 Å². The largest absolute Gasteiger partial charge is 0.494 e. The Kier molecular flexibility index (Phi) is 6.00. The fraction of sp³-hybridized carbons (Fsp3) is 0.381. The van der Waals surface area contributed by atoms with Crippen LogP contribution in [-0.2, 0) is 0 Å². The fourth-order valence-corrected chi connectivity index (χ4v) is 3.21. The SMILES string of the molecule is CCOc1ccc(N)c(C(=N)c2ccnc(N=C3CCCCCC3)c2)c1.[HH]. The number of nitrogens with one attached hydrogen (secondary N) is 1. The van der Waals surface area contributed by atoms with E-state index in [1.54, 1.807) is 12.3 Å². The van der Waals surface area contributed by atoms with E-state index >= 15 is 0 Å². The zero-order valence-corrected chi connectivity index (χ0v) is 15.3. The number of pyridine rings is 1. The van der Waals surface area contributed by atoms with Crippen LogP contribution in [0.3, 0.4) is 0 Å². The zero-order valence-electron chi connectivity index (χ0n) is 15.3. The van der Waals surface area contributed by atoms with E-state index < -0.39 is 0 Å². The summed E-state index contributed by atoms with van der Waals surface area (Å²) in [5.74, 6) is 1.39. The summed E-state index contributed by atoms with van der Waals surface area (Å²) >= 11 is 0. The van der Waals surface area contributed by atoms with Crippen LogP contribution in [0.25, 0.3) is 0 Å². The molecule has 5 nitrogen and oxygen atoms in total. The van der Waals surface area contributed by atoms with Crippen LogP contribution in [0, 0.1) is 5.41 Å². The second kappa shape index (κ2) is 8.61. The Hall–Kier alpha value is -2.69. The minimum atomic E-state index is 0. The van der Waals surface area contributed by atoms with Crippen LogP contribution in [0.1, 0.15) is 58.0 Å². The third-order valence-corrected chi connectivity index (χ3v) is 4.59. The number of nitrogens with zero attached hydrogens (tertiary/aromatic N) is 2. The van der Waals surface area contributed by atoms with Crippen molar-refractivity contribution < 1.29 is 6.16 Å². The molecule has 5 heteroatoms. The van der Waals surface area contributed by atoms with Gasteiger partial charge in [-0.05, 0) is 62.9 Å². The number of rotatable bonds is 5. The van der Waals surface area contributed by atoms with Crippen LogP contribution in [-0.4, -0.2) is 23.0 Å². The quantitative estimate of drug-likeness (QED) is 0.443. The summed E-state index contributed by atoms with van der Waals surface area (Å²) in [6.07, 6.45) is 8.78. The predicted molar refractivity (Wildman–Crippen MR) is 109 cm³/mol. The molecule has 138 valence electrons. The van der Waals surface area contributed by atoms with Gasteiger partial charge in [0, 0.05) is 30.1 Å². The van der Waals surface area contributed by atoms with Crippen molar-refractivity contribution in [2.75, 3.05) is 12.3 Å². The van der Waals surface area contributed by atoms with Gasteiger partial charge < -0.3 is 10.5 Å². The number of hydrogen-bond acceptors (Lipinski definition) is 5.